The Hall–Kier alpha value is -2.60. The van der Waals surface area contributed by atoms with Crippen LogP contribution in [-0.4, -0.2) is 24.4 Å². The summed E-state index contributed by atoms with van der Waals surface area (Å²) in [5.74, 6) is 1.02. The fourth-order valence-corrected chi connectivity index (χ4v) is 4.37. The summed E-state index contributed by atoms with van der Waals surface area (Å²) in [6, 6.07) is 15.1. The Balaban J connectivity index is 1.56. The molecule has 1 fully saturated rings. The summed E-state index contributed by atoms with van der Waals surface area (Å²) in [6.07, 6.45) is 5.95. The first kappa shape index (κ1) is 20.7. The molecule has 0 bridgehead atoms. The van der Waals surface area contributed by atoms with Crippen molar-refractivity contribution >= 4 is 39.5 Å². The molecule has 5 nitrogen and oxygen atoms in total. The van der Waals surface area contributed by atoms with Gasteiger partial charge in [-0.25, -0.2) is 0 Å². The zero-order chi connectivity index (χ0) is 21.1. The summed E-state index contributed by atoms with van der Waals surface area (Å²) < 4.78 is 6.76. The molecular formula is C24H25BrN2O3. The lowest BCUT2D eigenvalue weighted by atomic mass is 9.87. The number of rotatable bonds is 4. The summed E-state index contributed by atoms with van der Waals surface area (Å²) in [5, 5.41) is 3.11. The van der Waals surface area contributed by atoms with E-state index in [0.717, 1.165) is 41.6 Å². The number of fused-ring (bicyclic) bond motifs is 1. The molecule has 0 spiro atoms. The molecule has 0 radical (unpaired) electrons. The molecule has 156 valence electrons. The molecule has 4 rings (SSSR count). The average molecular weight is 469 g/mol. The fourth-order valence-electron chi connectivity index (χ4n) is 3.97. The summed E-state index contributed by atoms with van der Waals surface area (Å²) in [4.78, 5) is 27.5. The number of para-hydroxylation sites is 2. The molecule has 0 atom stereocenters. The van der Waals surface area contributed by atoms with Gasteiger partial charge in [0.2, 0.25) is 5.91 Å². The second-order valence-electron chi connectivity index (χ2n) is 8.02. The molecule has 0 aromatic heterocycles. The van der Waals surface area contributed by atoms with Crippen LogP contribution in [0.3, 0.4) is 0 Å². The largest absolute Gasteiger partial charge is 0.449 e. The number of benzene rings is 2. The maximum Gasteiger partial charge on any atom is 0.294 e. The summed E-state index contributed by atoms with van der Waals surface area (Å²) in [6.45, 7) is 2.22. The molecule has 6 heteroatoms. The lowest BCUT2D eigenvalue weighted by molar-refractivity contribution is -0.124. The molecule has 30 heavy (non-hydrogen) atoms. The Bertz CT molecular complexity index is 980. The van der Waals surface area contributed by atoms with Gasteiger partial charge >= 0.3 is 0 Å². The van der Waals surface area contributed by atoms with Crippen molar-refractivity contribution in [1.29, 1.82) is 0 Å². The monoisotopic (exact) mass is 468 g/mol. The van der Waals surface area contributed by atoms with Crippen LogP contribution in [-0.2, 0) is 9.59 Å². The second-order valence-corrected chi connectivity index (χ2v) is 8.87. The Morgan fingerprint density at radius 2 is 1.83 bits per heavy atom. The number of nitrogens with zero attached hydrogens (tertiary/aromatic N) is 1. The van der Waals surface area contributed by atoms with Gasteiger partial charge in [-0.1, -0.05) is 53.2 Å². The van der Waals surface area contributed by atoms with Crippen molar-refractivity contribution in [3.05, 3.63) is 64.3 Å². The third-order valence-electron chi connectivity index (χ3n) is 5.71. The van der Waals surface area contributed by atoms with Crippen molar-refractivity contribution in [1.82, 2.24) is 5.32 Å². The minimum Gasteiger partial charge on any atom is -0.449 e. The number of hydrogen-bond acceptors (Lipinski definition) is 3. The van der Waals surface area contributed by atoms with Gasteiger partial charge in [0.1, 0.15) is 6.54 Å². The van der Waals surface area contributed by atoms with E-state index in [1.807, 2.05) is 42.5 Å². The topological polar surface area (TPSA) is 58.6 Å². The number of anilines is 1. The van der Waals surface area contributed by atoms with Crippen molar-refractivity contribution in [2.45, 2.75) is 38.6 Å². The highest BCUT2D eigenvalue weighted by molar-refractivity contribution is 9.10. The lowest BCUT2D eigenvalue weighted by Crippen LogP contribution is -2.47. The SMILES string of the molecule is CC1CCC(NC(=O)CN2C(=O)/C(=C\c3ccccc3Br)Oc3ccccc32)CC1. The minimum atomic E-state index is -0.322. The number of halogens is 1. The van der Waals surface area contributed by atoms with Gasteiger partial charge in [0.25, 0.3) is 5.91 Å². The van der Waals surface area contributed by atoms with E-state index >= 15 is 0 Å². The van der Waals surface area contributed by atoms with Crippen LogP contribution in [0.1, 0.15) is 38.2 Å². The lowest BCUT2D eigenvalue weighted by Gasteiger charge is -2.31. The summed E-state index contributed by atoms with van der Waals surface area (Å²) in [7, 11) is 0. The minimum absolute atomic E-state index is 0.0292. The van der Waals surface area contributed by atoms with Crippen molar-refractivity contribution < 1.29 is 14.3 Å². The molecular weight excluding hydrogens is 444 g/mol. The van der Waals surface area contributed by atoms with Crippen LogP contribution in [0.15, 0.2) is 58.8 Å². The Kier molecular flexibility index (Phi) is 6.23. The van der Waals surface area contributed by atoms with Gasteiger partial charge in [0.15, 0.2) is 11.5 Å². The van der Waals surface area contributed by atoms with Gasteiger partial charge in [0, 0.05) is 10.5 Å². The molecule has 0 unspecified atom stereocenters. The van der Waals surface area contributed by atoms with Gasteiger partial charge in [-0.05, 0) is 61.4 Å². The van der Waals surface area contributed by atoms with Crippen LogP contribution in [0.4, 0.5) is 5.69 Å². The third kappa shape index (κ3) is 4.59. The molecule has 2 aliphatic rings. The molecule has 1 heterocycles. The number of nitrogens with one attached hydrogen (secondary N) is 1. The second kappa shape index (κ2) is 9.04. The quantitative estimate of drug-likeness (QED) is 0.648. The van der Waals surface area contributed by atoms with Crippen molar-refractivity contribution in [3.8, 4) is 5.75 Å². The normalized spacial score (nSPS) is 22.4. The summed E-state index contributed by atoms with van der Waals surface area (Å²) >= 11 is 3.50. The number of amides is 2. The number of carbonyl (C=O) groups excluding carboxylic acids is 2. The third-order valence-corrected chi connectivity index (χ3v) is 6.43. The molecule has 1 N–H and O–H groups in total. The van der Waals surface area contributed by atoms with E-state index in [4.69, 9.17) is 4.74 Å². The molecule has 2 aromatic rings. The highest BCUT2D eigenvalue weighted by Gasteiger charge is 2.32. The van der Waals surface area contributed by atoms with Gasteiger partial charge in [-0.3, -0.25) is 14.5 Å². The highest BCUT2D eigenvalue weighted by atomic mass is 79.9. The first-order valence-corrected chi connectivity index (χ1v) is 11.1. The Morgan fingerprint density at radius 1 is 1.13 bits per heavy atom. The van der Waals surface area contributed by atoms with Crippen LogP contribution in [0.2, 0.25) is 0 Å². The maximum atomic E-state index is 13.2. The first-order chi connectivity index (χ1) is 14.5. The molecule has 2 amide bonds. The van der Waals surface area contributed by atoms with E-state index < -0.39 is 0 Å². The van der Waals surface area contributed by atoms with Crippen LogP contribution in [0.25, 0.3) is 6.08 Å². The van der Waals surface area contributed by atoms with Crippen molar-refractivity contribution in [2.24, 2.45) is 5.92 Å². The summed E-state index contributed by atoms with van der Waals surface area (Å²) in [5.41, 5.74) is 1.44. The average Bonchev–Trinajstić information content (AvgIpc) is 2.74. The van der Waals surface area contributed by atoms with E-state index in [0.29, 0.717) is 11.4 Å². The van der Waals surface area contributed by atoms with Crippen LogP contribution in [0.5, 0.6) is 5.75 Å². The van der Waals surface area contributed by atoms with E-state index in [2.05, 4.69) is 28.2 Å². The van der Waals surface area contributed by atoms with Crippen LogP contribution in [0, 0.1) is 5.92 Å². The molecule has 1 saturated carbocycles. The zero-order valence-electron chi connectivity index (χ0n) is 16.9. The Labute approximate surface area is 185 Å². The zero-order valence-corrected chi connectivity index (χ0v) is 18.5. The number of hydrogen-bond donors (Lipinski definition) is 1. The van der Waals surface area contributed by atoms with E-state index in [1.54, 1.807) is 12.1 Å². The van der Waals surface area contributed by atoms with Gasteiger partial charge < -0.3 is 10.1 Å². The van der Waals surface area contributed by atoms with E-state index in [9.17, 15) is 9.59 Å². The standard InChI is InChI=1S/C24H25BrN2O3/c1-16-10-12-18(13-11-16)26-23(28)15-27-20-8-4-5-9-21(20)30-22(24(27)29)14-17-6-2-3-7-19(17)25/h2-9,14,16,18H,10-13,15H2,1H3,(H,26,28)/b22-14+. The fraction of sp³-hybridized carbons (Fsp3) is 0.333. The van der Waals surface area contributed by atoms with E-state index in [-0.39, 0.29) is 30.2 Å². The van der Waals surface area contributed by atoms with Crippen molar-refractivity contribution in [2.75, 3.05) is 11.4 Å². The predicted molar refractivity (Wildman–Crippen MR) is 121 cm³/mol. The van der Waals surface area contributed by atoms with Gasteiger partial charge in [-0.2, -0.15) is 0 Å². The van der Waals surface area contributed by atoms with Gasteiger partial charge in [-0.15, -0.1) is 0 Å². The van der Waals surface area contributed by atoms with E-state index in [1.165, 1.54) is 4.90 Å². The van der Waals surface area contributed by atoms with Crippen LogP contribution < -0.4 is 15.0 Å². The Morgan fingerprint density at radius 3 is 2.60 bits per heavy atom. The van der Waals surface area contributed by atoms with Crippen LogP contribution >= 0.6 is 15.9 Å². The molecule has 0 saturated heterocycles. The molecule has 1 aliphatic carbocycles. The first-order valence-electron chi connectivity index (χ1n) is 10.4. The molecule has 2 aromatic carbocycles. The maximum absolute atomic E-state index is 13.2. The predicted octanol–water partition coefficient (Wildman–Crippen LogP) is 4.91. The van der Waals surface area contributed by atoms with Crippen molar-refractivity contribution in [3.63, 3.8) is 0 Å². The van der Waals surface area contributed by atoms with Gasteiger partial charge in [0.05, 0.1) is 5.69 Å². The highest BCUT2D eigenvalue weighted by Crippen LogP contribution is 2.36. The smallest absolute Gasteiger partial charge is 0.294 e. The molecule has 1 aliphatic heterocycles. The number of carbonyl (C=O) groups is 2. The number of ether oxygens (including phenoxy) is 1.